The predicted octanol–water partition coefficient (Wildman–Crippen LogP) is 5.41. The van der Waals surface area contributed by atoms with Crippen LogP contribution in [0.5, 0.6) is 0 Å². The van der Waals surface area contributed by atoms with E-state index in [1.807, 2.05) is 28.4 Å². The number of rotatable bonds is 4. The average molecular weight is 478 g/mol. The van der Waals surface area contributed by atoms with Crippen LogP contribution in [0.15, 0.2) is 29.4 Å². The third-order valence-corrected chi connectivity index (χ3v) is 8.81. The predicted molar refractivity (Wildman–Crippen MR) is 135 cm³/mol. The van der Waals surface area contributed by atoms with Gasteiger partial charge in [-0.15, -0.1) is 21.5 Å². The summed E-state index contributed by atoms with van der Waals surface area (Å²) in [6, 6.07) is 8.24. The standard InChI is InChI=1S/C25H27N5OS2/c1-15(2)22-26-24-21(17-10-4-6-12-19(17)33-24)23-27-28-25(30(22)23)32-14-20(31)29-13-7-9-16-8-3-5-11-18(16)29/h3,5,8,11,15H,4,6-7,9-10,12-14H2,1-2H3. The van der Waals surface area contributed by atoms with Crippen LogP contribution in [0.25, 0.3) is 15.9 Å². The Labute approximate surface area is 201 Å². The normalized spacial score (nSPS) is 15.9. The number of thioether (sulfide) groups is 1. The Morgan fingerprint density at radius 3 is 2.85 bits per heavy atom. The minimum atomic E-state index is 0.122. The van der Waals surface area contributed by atoms with Crippen LogP contribution in [0.1, 0.15) is 60.9 Å². The fourth-order valence-corrected chi connectivity index (χ4v) is 7.21. The number of hydrogen-bond donors (Lipinski definition) is 0. The van der Waals surface area contributed by atoms with Crippen molar-refractivity contribution < 1.29 is 4.79 Å². The lowest BCUT2D eigenvalue weighted by Crippen LogP contribution is -2.36. The van der Waals surface area contributed by atoms with Gasteiger partial charge in [-0.25, -0.2) is 4.98 Å². The van der Waals surface area contributed by atoms with E-state index in [0.717, 1.165) is 59.4 Å². The SMILES string of the molecule is CC(C)c1nc2sc3c(c2c2nnc(SCC(=O)N4CCCc5ccccc54)n12)CCCC3. The number of amides is 1. The van der Waals surface area contributed by atoms with Crippen LogP contribution >= 0.6 is 23.1 Å². The molecule has 0 saturated heterocycles. The first-order chi connectivity index (χ1) is 16.1. The number of carbonyl (C=O) groups excluding carboxylic acids is 1. The molecular formula is C25H27N5OS2. The Morgan fingerprint density at radius 2 is 1.97 bits per heavy atom. The first kappa shape index (κ1) is 21.1. The Morgan fingerprint density at radius 1 is 1.12 bits per heavy atom. The van der Waals surface area contributed by atoms with E-state index in [1.165, 1.54) is 46.0 Å². The van der Waals surface area contributed by atoms with Gasteiger partial charge in [-0.05, 0) is 55.7 Å². The van der Waals surface area contributed by atoms with Crippen LogP contribution < -0.4 is 4.90 Å². The molecule has 0 saturated carbocycles. The molecule has 4 heterocycles. The highest BCUT2D eigenvalue weighted by Crippen LogP contribution is 2.39. The minimum absolute atomic E-state index is 0.122. The number of fused-ring (bicyclic) bond motifs is 6. The van der Waals surface area contributed by atoms with Gasteiger partial charge >= 0.3 is 0 Å². The summed E-state index contributed by atoms with van der Waals surface area (Å²) in [6.07, 6.45) is 6.74. The van der Waals surface area contributed by atoms with Crippen LogP contribution in [0.4, 0.5) is 5.69 Å². The molecule has 1 aliphatic carbocycles. The third kappa shape index (κ3) is 3.54. The lowest BCUT2D eigenvalue weighted by Gasteiger charge is -2.29. The zero-order chi connectivity index (χ0) is 22.5. The molecule has 0 N–H and O–H groups in total. The fraction of sp³-hybridized carbons (Fsp3) is 0.440. The summed E-state index contributed by atoms with van der Waals surface area (Å²) in [4.78, 5) is 22.8. The molecule has 3 aromatic heterocycles. The van der Waals surface area contributed by atoms with E-state index in [4.69, 9.17) is 4.98 Å². The topological polar surface area (TPSA) is 63.4 Å². The van der Waals surface area contributed by atoms with Crippen molar-refractivity contribution >= 4 is 50.6 Å². The molecule has 0 unspecified atom stereocenters. The molecule has 0 radical (unpaired) electrons. The summed E-state index contributed by atoms with van der Waals surface area (Å²) in [5.41, 5.74) is 4.63. The van der Waals surface area contributed by atoms with Crippen LogP contribution in [-0.2, 0) is 24.1 Å². The number of hydrogen-bond acceptors (Lipinski definition) is 6. The van der Waals surface area contributed by atoms with E-state index in [1.54, 1.807) is 0 Å². The number of nitrogens with zero attached hydrogens (tertiary/aromatic N) is 5. The highest BCUT2D eigenvalue weighted by Gasteiger charge is 2.26. The van der Waals surface area contributed by atoms with Gasteiger partial charge in [0.25, 0.3) is 0 Å². The molecule has 4 aromatic rings. The molecule has 0 fully saturated rings. The van der Waals surface area contributed by atoms with Crippen molar-refractivity contribution in [2.24, 2.45) is 0 Å². The van der Waals surface area contributed by atoms with Gasteiger partial charge in [0.1, 0.15) is 10.7 Å². The second-order valence-electron chi connectivity index (χ2n) is 9.22. The number of para-hydroxylation sites is 1. The maximum absolute atomic E-state index is 13.2. The largest absolute Gasteiger partial charge is 0.311 e. The van der Waals surface area contributed by atoms with Gasteiger partial charge in [0.15, 0.2) is 10.8 Å². The summed E-state index contributed by atoms with van der Waals surface area (Å²) >= 11 is 3.30. The molecule has 170 valence electrons. The molecule has 1 aromatic carbocycles. The summed E-state index contributed by atoms with van der Waals surface area (Å²) < 4.78 is 2.11. The Hall–Kier alpha value is -2.45. The third-order valence-electron chi connectivity index (χ3n) is 6.71. The van der Waals surface area contributed by atoms with E-state index in [2.05, 4.69) is 40.6 Å². The summed E-state index contributed by atoms with van der Waals surface area (Å²) in [5.74, 6) is 1.67. The molecule has 0 spiro atoms. The van der Waals surface area contributed by atoms with Crippen molar-refractivity contribution in [1.82, 2.24) is 19.6 Å². The molecule has 6 rings (SSSR count). The summed E-state index contributed by atoms with van der Waals surface area (Å²) in [5, 5.41) is 11.1. The smallest absolute Gasteiger partial charge is 0.237 e. The number of benzene rings is 1. The molecule has 33 heavy (non-hydrogen) atoms. The van der Waals surface area contributed by atoms with Crippen molar-refractivity contribution in [2.75, 3.05) is 17.2 Å². The van der Waals surface area contributed by atoms with Gasteiger partial charge in [0.05, 0.1) is 11.1 Å². The van der Waals surface area contributed by atoms with E-state index in [0.29, 0.717) is 5.75 Å². The van der Waals surface area contributed by atoms with Crippen LogP contribution in [0.2, 0.25) is 0 Å². The Balaban J connectivity index is 1.36. The maximum Gasteiger partial charge on any atom is 0.237 e. The van der Waals surface area contributed by atoms with E-state index >= 15 is 0 Å². The van der Waals surface area contributed by atoms with Crippen molar-refractivity contribution in [1.29, 1.82) is 0 Å². The van der Waals surface area contributed by atoms with Gasteiger partial charge in [-0.2, -0.15) is 0 Å². The fourth-order valence-electron chi connectivity index (χ4n) is 5.13. The molecular weight excluding hydrogens is 450 g/mol. The molecule has 8 heteroatoms. The average Bonchev–Trinajstić information content (AvgIpc) is 3.42. The highest BCUT2D eigenvalue weighted by atomic mass is 32.2. The van der Waals surface area contributed by atoms with Crippen molar-refractivity contribution in [3.05, 3.63) is 46.1 Å². The maximum atomic E-state index is 13.2. The van der Waals surface area contributed by atoms with Gasteiger partial charge < -0.3 is 4.90 Å². The van der Waals surface area contributed by atoms with Gasteiger partial charge in [0.2, 0.25) is 5.91 Å². The van der Waals surface area contributed by atoms with Gasteiger partial charge in [0, 0.05) is 23.0 Å². The van der Waals surface area contributed by atoms with Crippen LogP contribution in [0.3, 0.4) is 0 Å². The Kier molecular flexibility index (Phi) is 5.37. The molecule has 1 aliphatic heterocycles. The first-order valence-corrected chi connectivity index (χ1v) is 13.6. The highest BCUT2D eigenvalue weighted by molar-refractivity contribution is 7.99. The number of thiophene rings is 1. The van der Waals surface area contributed by atoms with Crippen molar-refractivity contribution in [2.45, 2.75) is 63.4 Å². The second kappa shape index (κ2) is 8.40. The lowest BCUT2D eigenvalue weighted by molar-refractivity contribution is -0.116. The van der Waals surface area contributed by atoms with E-state index in [9.17, 15) is 4.79 Å². The number of anilines is 1. The minimum Gasteiger partial charge on any atom is -0.311 e. The quantitative estimate of drug-likeness (QED) is 0.368. The first-order valence-electron chi connectivity index (χ1n) is 11.8. The zero-order valence-electron chi connectivity index (χ0n) is 19.0. The van der Waals surface area contributed by atoms with Crippen LogP contribution in [0, 0.1) is 0 Å². The molecule has 6 nitrogen and oxygen atoms in total. The Bertz CT molecular complexity index is 1370. The van der Waals surface area contributed by atoms with Crippen molar-refractivity contribution in [3.8, 4) is 0 Å². The van der Waals surface area contributed by atoms with Crippen molar-refractivity contribution in [3.63, 3.8) is 0 Å². The van der Waals surface area contributed by atoms with E-state index < -0.39 is 0 Å². The van der Waals surface area contributed by atoms with Gasteiger partial charge in [-0.3, -0.25) is 9.20 Å². The molecule has 1 amide bonds. The number of aromatic nitrogens is 4. The summed E-state index contributed by atoms with van der Waals surface area (Å²) in [7, 11) is 0. The summed E-state index contributed by atoms with van der Waals surface area (Å²) in [6.45, 7) is 5.09. The number of carbonyl (C=O) groups is 1. The lowest BCUT2D eigenvalue weighted by atomic mass is 9.97. The zero-order valence-corrected chi connectivity index (χ0v) is 20.6. The molecule has 2 aliphatic rings. The monoisotopic (exact) mass is 477 g/mol. The molecule has 0 bridgehead atoms. The number of aryl methyl sites for hydroxylation is 3. The van der Waals surface area contributed by atoms with Gasteiger partial charge in [-0.1, -0.05) is 43.8 Å². The van der Waals surface area contributed by atoms with E-state index in [-0.39, 0.29) is 11.8 Å². The van der Waals surface area contributed by atoms with Crippen LogP contribution in [-0.4, -0.2) is 37.8 Å². The molecule has 0 atom stereocenters. The second-order valence-corrected chi connectivity index (χ2v) is 11.2.